The van der Waals surface area contributed by atoms with Gasteiger partial charge in [-0.1, -0.05) is 20.8 Å². The van der Waals surface area contributed by atoms with Crippen molar-refractivity contribution in [2.24, 2.45) is 5.92 Å². The van der Waals surface area contributed by atoms with E-state index in [0.717, 1.165) is 0 Å². The Bertz CT molecular complexity index is 138. The molecule has 0 aliphatic carbocycles. The van der Waals surface area contributed by atoms with Crippen LogP contribution in [0.4, 0.5) is 0 Å². The first-order valence-electron chi connectivity index (χ1n) is 3.24. The van der Waals surface area contributed by atoms with Crippen molar-refractivity contribution in [3.63, 3.8) is 0 Å². The first-order valence-corrected chi connectivity index (χ1v) is 4.92. The summed E-state index contributed by atoms with van der Waals surface area (Å²) in [7, 11) is -3.89. The van der Waals surface area contributed by atoms with Crippen LogP contribution in [-0.4, -0.2) is 15.4 Å². The first-order chi connectivity index (χ1) is 4.39. The van der Waals surface area contributed by atoms with Gasteiger partial charge in [-0.25, -0.2) is 0 Å². The zero-order valence-corrected chi connectivity index (χ0v) is 7.21. The predicted octanol–water partition coefficient (Wildman–Crippen LogP) is 1.41. The average molecular weight is 165 g/mol. The van der Waals surface area contributed by atoms with E-state index in [2.05, 4.69) is 6.92 Å². The fraction of sp³-hybridized carbons (Fsp3) is 0.833. The SMILES string of the molecule is [CH2]CC(C(C)C)P(=O)(O)O. The molecule has 0 fully saturated rings. The lowest BCUT2D eigenvalue weighted by molar-refractivity contribution is 0.341. The molecule has 3 nitrogen and oxygen atoms in total. The van der Waals surface area contributed by atoms with Gasteiger partial charge in [0.05, 0.1) is 5.66 Å². The molecule has 0 aromatic carbocycles. The summed E-state index contributed by atoms with van der Waals surface area (Å²) in [6, 6.07) is 0. The third-order valence-electron chi connectivity index (χ3n) is 1.50. The Labute approximate surface area is 61.6 Å². The average Bonchev–Trinajstić information content (AvgIpc) is 1.60. The number of hydrogen-bond acceptors (Lipinski definition) is 1. The maximum absolute atomic E-state index is 10.7. The maximum Gasteiger partial charge on any atom is 0.328 e. The maximum atomic E-state index is 10.7. The molecule has 0 bridgehead atoms. The lowest BCUT2D eigenvalue weighted by Crippen LogP contribution is -2.14. The van der Waals surface area contributed by atoms with Crippen molar-refractivity contribution in [2.45, 2.75) is 25.9 Å². The van der Waals surface area contributed by atoms with E-state index in [-0.39, 0.29) is 5.92 Å². The summed E-state index contributed by atoms with van der Waals surface area (Å²) in [6.45, 7) is 7.05. The molecule has 0 aromatic heterocycles. The van der Waals surface area contributed by atoms with Crippen LogP contribution in [0.3, 0.4) is 0 Å². The van der Waals surface area contributed by atoms with E-state index in [9.17, 15) is 4.57 Å². The Morgan fingerprint density at radius 1 is 1.50 bits per heavy atom. The van der Waals surface area contributed by atoms with E-state index < -0.39 is 13.3 Å². The van der Waals surface area contributed by atoms with Gasteiger partial charge in [-0.2, -0.15) is 0 Å². The molecule has 0 amide bonds. The van der Waals surface area contributed by atoms with E-state index >= 15 is 0 Å². The van der Waals surface area contributed by atoms with Crippen molar-refractivity contribution in [1.29, 1.82) is 0 Å². The molecule has 0 aromatic rings. The number of rotatable bonds is 3. The van der Waals surface area contributed by atoms with E-state index in [1.165, 1.54) is 0 Å². The van der Waals surface area contributed by atoms with Gasteiger partial charge in [0.2, 0.25) is 0 Å². The lowest BCUT2D eigenvalue weighted by atomic mass is 10.1. The summed E-state index contributed by atoms with van der Waals surface area (Å²) in [5, 5.41) is 0. The lowest BCUT2D eigenvalue weighted by Gasteiger charge is -2.19. The van der Waals surface area contributed by atoms with Crippen LogP contribution in [0.1, 0.15) is 20.3 Å². The van der Waals surface area contributed by atoms with Gasteiger partial charge in [0.1, 0.15) is 0 Å². The number of hydrogen-bond donors (Lipinski definition) is 2. The van der Waals surface area contributed by atoms with Gasteiger partial charge < -0.3 is 9.79 Å². The molecular weight excluding hydrogens is 151 g/mol. The van der Waals surface area contributed by atoms with Gasteiger partial charge in [-0.3, -0.25) is 4.57 Å². The molecule has 0 spiro atoms. The van der Waals surface area contributed by atoms with Crippen LogP contribution in [0.5, 0.6) is 0 Å². The normalized spacial score (nSPS) is 15.8. The molecule has 0 rings (SSSR count). The molecule has 4 heteroatoms. The molecular formula is C6H14O3P. The fourth-order valence-corrected chi connectivity index (χ4v) is 2.00. The quantitative estimate of drug-likeness (QED) is 0.621. The minimum Gasteiger partial charge on any atom is -0.324 e. The van der Waals surface area contributed by atoms with Gasteiger partial charge in [-0.05, 0) is 12.3 Å². The van der Waals surface area contributed by atoms with Gasteiger partial charge in [0, 0.05) is 0 Å². The third-order valence-corrected chi connectivity index (χ3v) is 3.22. The molecule has 1 radical (unpaired) electrons. The van der Waals surface area contributed by atoms with Crippen LogP contribution < -0.4 is 0 Å². The van der Waals surface area contributed by atoms with Crippen molar-refractivity contribution in [3.05, 3.63) is 6.92 Å². The summed E-state index contributed by atoms with van der Waals surface area (Å²) < 4.78 is 10.7. The highest BCUT2D eigenvalue weighted by Gasteiger charge is 2.29. The largest absolute Gasteiger partial charge is 0.328 e. The molecule has 1 unspecified atom stereocenters. The van der Waals surface area contributed by atoms with E-state index in [1.54, 1.807) is 13.8 Å². The van der Waals surface area contributed by atoms with Gasteiger partial charge >= 0.3 is 7.60 Å². The van der Waals surface area contributed by atoms with Crippen LogP contribution in [-0.2, 0) is 4.57 Å². The molecule has 0 heterocycles. The second kappa shape index (κ2) is 3.51. The minimum absolute atomic E-state index is 0.00154. The Kier molecular flexibility index (Phi) is 3.57. The van der Waals surface area contributed by atoms with Gasteiger partial charge in [-0.15, -0.1) is 0 Å². The smallest absolute Gasteiger partial charge is 0.324 e. The van der Waals surface area contributed by atoms with Crippen LogP contribution in [0.2, 0.25) is 0 Å². The van der Waals surface area contributed by atoms with Crippen molar-refractivity contribution in [1.82, 2.24) is 0 Å². The molecule has 0 aliphatic rings. The van der Waals surface area contributed by atoms with Crippen molar-refractivity contribution in [3.8, 4) is 0 Å². The van der Waals surface area contributed by atoms with Crippen LogP contribution in [0.15, 0.2) is 0 Å². The predicted molar refractivity (Wildman–Crippen MR) is 40.6 cm³/mol. The summed E-state index contributed by atoms with van der Waals surface area (Å²) in [5.41, 5.74) is -0.576. The van der Waals surface area contributed by atoms with E-state index in [4.69, 9.17) is 9.79 Å². The van der Waals surface area contributed by atoms with Crippen LogP contribution >= 0.6 is 7.60 Å². The Morgan fingerprint density at radius 3 is 1.90 bits per heavy atom. The zero-order chi connectivity index (χ0) is 8.36. The monoisotopic (exact) mass is 165 g/mol. The molecule has 61 valence electrons. The Balaban J connectivity index is 4.22. The highest BCUT2D eigenvalue weighted by Crippen LogP contribution is 2.46. The molecule has 10 heavy (non-hydrogen) atoms. The topological polar surface area (TPSA) is 57.5 Å². The summed E-state index contributed by atoms with van der Waals surface area (Å²) in [6.07, 6.45) is 0.294. The van der Waals surface area contributed by atoms with Gasteiger partial charge in [0.25, 0.3) is 0 Å². The Morgan fingerprint density at radius 2 is 1.90 bits per heavy atom. The van der Waals surface area contributed by atoms with Crippen molar-refractivity contribution < 1.29 is 14.4 Å². The first kappa shape index (κ1) is 10.2. The van der Waals surface area contributed by atoms with Crippen LogP contribution in [0.25, 0.3) is 0 Å². The molecule has 0 saturated heterocycles. The van der Waals surface area contributed by atoms with Crippen LogP contribution in [0, 0.1) is 12.8 Å². The molecule has 1 atom stereocenters. The highest BCUT2D eigenvalue weighted by molar-refractivity contribution is 7.52. The zero-order valence-electron chi connectivity index (χ0n) is 6.32. The highest BCUT2D eigenvalue weighted by atomic mass is 31.2. The third kappa shape index (κ3) is 2.82. The van der Waals surface area contributed by atoms with Crippen molar-refractivity contribution in [2.75, 3.05) is 0 Å². The Hall–Kier alpha value is 0.150. The standard InChI is InChI=1S/C6H14O3P/c1-4-6(5(2)3)10(7,8)9/h5-6H,1,4H2,2-3H3,(H2,7,8,9). The summed E-state index contributed by atoms with van der Waals surface area (Å²) in [4.78, 5) is 17.4. The fourth-order valence-electron chi connectivity index (χ4n) is 0.890. The van der Waals surface area contributed by atoms with E-state index in [0.29, 0.717) is 6.42 Å². The second-order valence-corrected chi connectivity index (χ2v) is 4.53. The second-order valence-electron chi connectivity index (χ2n) is 2.69. The minimum atomic E-state index is -3.89. The summed E-state index contributed by atoms with van der Waals surface area (Å²) >= 11 is 0. The van der Waals surface area contributed by atoms with Crippen molar-refractivity contribution >= 4 is 7.60 Å². The molecule has 0 aliphatic heterocycles. The van der Waals surface area contributed by atoms with Gasteiger partial charge in [0.15, 0.2) is 0 Å². The molecule has 2 N–H and O–H groups in total. The molecule has 0 saturated carbocycles. The summed E-state index contributed by atoms with van der Waals surface area (Å²) in [5.74, 6) is -0.00154. The van der Waals surface area contributed by atoms with E-state index in [1.807, 2.05) is 0 Å².